The highest BCUT2D eigenvalue weighted by molar-refractivity contribution is 7.99. The molecule has 1 aliphatic carbocycles. The maximum absolute atomic E-state index is 12.4. The third kappa shape index (κ3) is 4.34. The van der Waals surface area contributed by atoms with Crippen LogP contribution in [-0.4, -0.2) is 33.5 Å². The number of rotatable bonds is 8. The van der Waals surface area contributed by atoms with Crippen molar-refractivity contribution in [2.24, 2.45) is 5.92 Å². The first-order valence-corrected chi connectivity index (χ1v) is 9.56. The van der Waals surface area contributed by atoms with Crippen molar-refractivity contribution in [3.8, 4) is 5.75 Å². The van der Waals surface area contributed by atoms with Crippen LogP contribution in [0.3, 0.4) is 0 Å². The molecular weight excluding hydrogens is 336 g/mol. The van der Waals surface area contributed by atoms with Crippen LogP contribution in [-0.2, 0) is 11.3 Å². The van der Waals surface area contributed by atoms with E-state index < -0.39 is 0 Å². The van der Waals surface area contributed by atoms with E-state index in [1.807, 2.05) is 42.7 Å². The van der Waals surface area contributed by atoms with Crippen molar-refractivity contribution in [1.82, 2.24) is 20.1 Å². The Morgan fingerprint density at radius 2 is 2.08 bits per heavy atom. The van der Waals surface area contributed by atoms with E-state index in [9.17, 15) is 4.79 Å². The first-order valence-electron chi connectivity index (χ1n) is 8.58. The zero-order chi connectivity index (χ0) is 17.8. The Hall–Kier alpha value is -2.02. The normalized spacial score (nSPS) is 15.0. The Kier molecular flexibility index (Phi) is 5.63. The van der Waals surface area contributed by atoms with E-state index in [1.165, 1.54) is 11.8 Å². The first kappa shape index (κ1) is 17.8. The molecule has 134 valence electrons. The lowest BCUT2D eigenvalue weighted by molar-refractivity contribution is -0.119. The van der Waals surface area contributed by atoms with Gasteiger partial charge < -0.3 is 14.6 Å². The number of amides is 1. The third-order valence-electron chi connectivity index (χ3n) is 4.44. The molecule has 1 unspecified atom stereocenters. The number of ether oxygens (including phenoxy) is 1. The maximum atomic E-state index is 12.4. The van der Waals surface area contributed by atoms with Crippen LogP contribution in [0.25, 0.3) is 0 Å². The first-order chi connectivity index (χ1) is 12.1. The molecule has 1 amide bonds. The molecule has 1 aliphatic rings. The van der Waals surface area contributed by atoms with Crippen LogP contribution in [0.2, 0.25) is 0 Å². The maximum Gasteiger partial charge on any atom is 0.230 e. The van der Waals surface area contributed by atoms with Gasteiger partial charge in [0.05, 0.1) is 18.9 Å². The molecule has 1 fully saturated rings. The Morgan fingerprint density at radius 3 is 2.68 bits per heavy atom. The Balaban J connectivity index is 1.61. The number of aryl methyl sites for hydroxylation is 1. The van der Waals surface area contributed by atoms with E-state index in [2.05, 4.69) is 15.5 Å². The van der Waals surface area contributed by atoms with Crippen molar-refractivity contribution >= 4 is 17.7 Å². The molecule has 1 N–H and O–H groups in total. The molecule has 25 heavy (non-hydrogen) atoms. The summed E-state index contributed by atoms with van der Waals surface area (Å²) in [5.41, 5.74) is 1.13. The Morgan fingerprint density at radius 1 is 1.36 bits per heavy atom. The van der Waals surface area contributed by atoms with Crippen molar-refractivity contribution in [1.29, 1.82) is 0 Å². The number of carbonyl (C=O) groups is 1. The van der Waals surface area contributed by atoms with Crippen LogP contribution in [0.4, 0.5) is 0 Å². The molecule has 1 aromatic heterocycles. The second kappa shape index (κ2) is 7.91. The van der Waals surface area contributed by atoms with Gasteiger partial charge in [-0.1, -0.05) is 23.9 Å². The van der Waals surface area contributed by atoms with Gasteiger partial charge >= 0.3 is 0 Å². The molecule has 1 saturated carbocycles. The number of nitrogens with zero attached hydrogens (tertiary/aromatic N) is 3. The summed E-state index contributed by atoms with van der Waals surface area (Å²) in [6.45, 7) is 4.78. The molecule has 0 radical (unpaired) electrons. The monoisotopic (exact) mass is 360 g/mol. The summed E-state index contributed by atoms with van der Waals surface area (Å²) in [7, 11) is 1.66. The molecule has 0 spiro atoms. The third-order valence-corrected chi connectivity index (χ3v) is 5.40. The molecule has 1 heterocycles. The van der Waals surface area contributed by atoms with Gasteiger partial charge in [0.15, 0.2) is 5.16 Å². The smallest absolute Gasteiger partial charge is 0.230 e. The summed E-state index contributed by atoms with van der Waals surface area (Å²) in [6, 6.07) is 8.03. The van der Waals surface area contributed by atoms with Gasteiger partial charge in [0.25, 0.3) is 0 Å². The largest absolute Gasteiger partial charge is 0.497 e. The fourth-order valence-corrected chi connectivity index (χ4v) is 3.75. The highest BCUT2D eigenvalue weighted by atomic mass is 32.2. The summed E-state index contributed by atoms with van der Waals surface area (Å²) < 4.78 is 7.23. The van der Waals surface area contributed by atoms with Crippen molar-refractivity contribution in [3.63, 3.8) is 0 Å². The second-order valence-corrected chi connectivity index (χ2v) is 7.16. The summed E-state index contributed by atoms with van der Waals surface area (Å²) >= 11 is 1.43. The van der Waals surface area contributed by atoms with Gasteiger partial charge in [-0.25, -0.2) is 0 Å². The van der Waals surface area contributed by atoms with Crippen LogP contribution >= 0.6 is 11.8 Å². The second-order valence-electron chi connectivity index (χ2n) is 6.22. The van der Waals surface area contributed by atoms with Crippen LogP contribution in [0.15, 0.2) is 29.4 Å². The number of thioether (sulfide) groups is 1. The predicted octanol–water partition coefficient (Wildman–Crippen LogP) is 2.97. The summed E-state index contributed by atoms with van der Waals surface area (Å²) in [5.74, 6) is 2.61. The van der Waals surface area contributed by atoms with Crippen LogP contribution in [0.1, 0.15) is 37.2 Å². The lowest BCUT2D eigenvalue weighted by Crippen LogP contribution is -2.31. The number of benzene rings is 1. The zero-order valence-corrected chi connectivity index (χ0v) is 15.7. The average molecular weight is 360 g/mol. The predicted molar refractivity (Wildman–Crippen MR) is 97.8 cm³/mol. The fourth-order valence-electron chi connectivity index (χ4n) is 2.89. The van der Waals surface area contributed by atoms with Gasteiger partial charge in [0.2, 0.25) is 5.91 Å². The summed E-state index contributed by atoms with van der Waals surface area (Å²) in [4.78, 5) is 12.4. The van der Waals surface area contributed by atoms with E-state index in [0.29, 0.717) is 11.7 Å². The van der Waals surface area contributed by atoms with Gasteiger partial charge in [-0.15, -0.1) is 10.2 Å². The van der Waals surface area contributed by atoms with Gasteiger partial charge in [-0.05, 0) is 50.3 Å². The molecule has 3 rings (SSSR count). The van der Waals surface area contributed by atoms with Crippen LogP contribution in [0, 0.1) is 12.8 Å². The molecule has 0 aliphatic heterocycles. The Labute approximate surface area is 152 Å². The highest BCUT2D eigenvalue weighted by Gasteiger charge is 2.33. The summed E-state index contributed by atoms with van der Waals surface area (Å²) in [5, 5.41) is 12.2. The number of nitrogens with one attached hydrogen (secondary N) is 1. The van der Waals surface area contributed by atoms with Crippen LogP contribution in [0.5, 0.6) is 5.75 Å². The van der Waals surface area contributed by atoms with E-state index >= 15 is 0 Å². The van der Waals surface area contributed by atoms with Gasteiger partial charge in [-0.3, -0.25) is 4.79 Å². The van der Waals surface area contributed by atoms with Crippen molar-refractivity contribution in [2.75, 3.05) is 12.9 Å². The SMILES string of the molecule is CCn1c(C)nnc1SCC(=O)NC(c1ccc(OC)cc1)C1CC1. The standard InChI is InChI=1S/C18H24N4O2S/c1-4-22-12(2)20-21-18(22)25-11-16(23)19-17(13-5-6-13)14-7-9-15(24-3)10-8-14/h7-10,13,17H,4-6,11H2,1-3H3,(H,19,23). The minimum absolute atomic E-state index is 0.0287. The Bertz CT molecular complexity index is 725. The highest BCUT2D eigenvalue weighted by Crippen LogP contribution is 2.41. The zero-order valence-electron chi connectivity index (χ0n) is 14.9. The van der Waals surface area contributed by atoms with E-state index in [-0.39, 0.29) is 11.9 Å². The number of carbonyl (C=O) groups excluding carboxylic acids is 1. The topological polar surface area (TPSA) is 69.0 Å². The molecule has 0 bridgehead atoms. The van der Waals surface area contributed by atoms with E-state index in [1.54, 1.807) is 7.11 Å². The number of hydrogen-bond acceptors (Lipinski definition) is 5. The lowest BCUT2D eigenvalue weighted by atomic mass is 10.0. The van der Waals surface area contributed by atoms with Gasteiger partial charge in [0, 0.05) is 6.54 Å². The quantitative estimate of drug-likeness (QED) is 0.733. The van der Waals surface area contributed by atoms with Crippen molar-refractivity contribution < 1.29 is 9.53 Å². The minimum Gasteiger partial charge on any atom is -0.497 e. The molecule has 7 heteroatoms. The number of hydrogen-bond donors (Lipinski definition) is 1. The number of methoxy groups -OCH3 is 1. The lowest BCUT2D eigenvalue weighted by Gasteiger charge is -2.19. The van der Waals surface area contributed by atoms with Crippen molar-refractivity contribution in [2.45, 2.75) is 44.4 Å². The molecular formula is C18H24N4O2S. The average Bonchev–Trinajstić information content (AvgIpc) is 3.41. The van der Waals surface area contributed by atoms with E-state index in [0.717, 1.165) is 41.7 Å². The summed E-state index contributed by atoms with van der Waals surface area (Å²) in [6.07, 6.45) is 2.32. The van der Waals surface area contributed by atoms with Crippen molar-refractivity contribution in [3.05, 3.63) is 35.7 Å². The van der Waals surface area contributed by atoms with Gasteiger partial charge in [-0.2, -0.15) is 0 Å². The molecule has 6 nitrogen and oxygen atoms in total. The molecule has 2 aromatic rings. The van der Waals surface area contributed by atoms with Crippen LogP contribution < -0.4 is 10.1 Å². The minimum atomic E-state index is 0.0287. The van der Waals surface area contributed by atoms with E-state index in [4.69, 9.17) is 4.74 Å². The molecule has 1 aromatic carbocycles. The molecule has 0 saturated heterocycles. The molecule has 1 atom stereocenters. The fraction of sp³-hybridized carbons (Fsp3) is 0.500. The van der Waals surface area contributed by atoms with Gasteiger partial charge in [0.1, 0.15) is 11.6 Å². The number of aromatic nitrogens is 3.